The third kappa shape index (κ3) is 2.78. The van der Waals surface area contributed by atoms with Gasteiger partial charge in [0.15, 0.2) is 0 Å². The summed E-state index contributed by atoms with van der Waals surface area (Å²) in [6, 6.07) is 4.08. The van der Waals surface area contributed by atoms with Gasteiger partial charge in [-0.3, -0.25) is 4.79 Å². The van der Waals surface area contributed by atoms with Crippen molar-refractivity contribution in [3.8, 4) is 0 Å². The normalized spacial score (nSPS) is 12.5. The Morgan fingerprint density at radius 2 is 2.21 bits per heavy atom. The van der Waals surface area contributed by atoms with E-state index in [1.807, 2.05) is 0 Å². The molecule has 76 valence electrons. The first-order valence-corrected chi connectivity index (χ1v) is 4.65. The van der Waals surface area contributed by atoms with Gasteiger partial charge >= 0.3 is 5.97 Å². The Hall–Kier alpha value is -0.940. The molecule has 1 aromatic carbocycles. The summed E-state index contributed by atoms with van der Waals surface area (Å²) in [6.07, 6.45) is -1.81. The van der Waals surface area contributed by atoms with Crippen molar-refractivity contribution in [1.82, 2.24) is 0 Å². The van der Waals surface area contributed by atoms with Gasteiger partial charge in [-0.25, -0.2) is 4.39 Å². The van der Waals surface area contributed by atoms with Gasteiger partial charge in [0.25, 0.3) is 0 Å². The third-order valence-corrected chi connectivity index (χ3v) is 2.18. The van der Waals surface area contributed by atoms with E-state index in [-0.39, 0.29) is 5.56 Å². The van der Waals surface area contributed by atoms with E-state index in [0.717, 1.165) is 0 Å². The molecule has 0 aromatic heterocycles. The Labute approximate surface area is 88.3 Å². The number of hydrogen-bond donors (Lipinski definition) is 2. The van der Waals surface area contributed by atoms with Gasteiger partial charge in [-0.05, 0) is 12.1 Å². The maximum absolute atomic E-state index is 13.2. The highest BCUT2D eigenvalue weighted by Gasteiger charge is 2.15. The van der Waals surface area contributed by atoms with E-state index in [0.29, 0.717) is 4.47 Å². The van der Waals surface area contributed by atoms with Gasteiger partial charge in [0.1, 0.15) is 5.82 Å². The topological polar surface area (TPSA) is 57.5 Å². The molecule has 0 saturated heterocycles. The molecule has 0 saturated carbocycles. The lowest BCUT2D eigenvalue weighted by atomic mass is 10.1. The van der Waals surface area contributed by atoms with Crippen molar-refractivity contribution >= 4 is 21.9 Å². The minimum absolute atomic E-state index is 0.00407. The predicted octanol–water partition coefficient (Wildman–Crippen LogP) is 2.10. The van der Waals surface area contributed by atoms with Gasteiger partial charge in [-0.2, -0.15) is 0 Å². The van der Waals surface area contributed by atoms with Gasteiger partial charge in [0.2, 0.25) is 0 Å². The summed E-state index contributed by atoms with van der Waals surface area (Å²) in [5.41, 5.74) is -0.00407. The smallest absolute Gasteiger partial charge is 0.306 e. The van der Waals surface area contributed by atoms with Crippen LogP contribution in [0.4, 0.5) is 4.39 Å². The number of halogens is 2. The summed E-state index contributed by atoms with van der Waals surface area (Å²) in [4.78, 5) is 10.3. The molecule has 0 radical (unpaired) electrons. The second kappa shape index (κ2) is 4.52. The quantitative estimate of drug-likeness (QED) is 0.877. The first kappa shape index (κ1) is 11.1. The molecule has 0 aliphatic heterocycles. The van der Waals surface area contributed by atoms with Crippen LogP contribution in [0.15, 0.2) is 22.7 Å². The van der Waals surface area contributed by atoms with Crippen molar-refractivity contribution in [2.45, 2.75) is 12.5 Å². The van der Waals surface area contributed by atoms with Crippen LogP contribution in [0.25, 0.3) is 0 Å². The number of aliphatic hydroxyl groups is 1. The Morgan fingerprint density at radius 1 is 1.57 bits per heavy atom. The van der Waals surface area contributed by atoms with Gasteiger partial charge in [-0.15, -0.1) is 0 Å². The zero-order valence-electron chi connectivity index (χ0n) is 7.08. The van der Waals surface area contributed by atoms with Crippen molar-refractivity contribution in [3.63, 3.8) is 0 Å². The van der Waals surface area contributed by atoms with Gasteiger partial charge in [0, 0.05) is 10.0 Å². The molecule has 1 rings (SSSR count). The molecule has 1 aromatic rings. The highest BCUT2D eigenvalue weighted by atomic mass is 79.9. The highest BCUT2D eigenvalue weighted by Crippen LogP contribution is 2.22. The summed E-state index contributed by atoms with van der Waals surface area (Å²) in [6.45, 7) is 0. The summed E-state index contributed by atoms with van der Waals surface area (Å²) in [5.74, 6) is -1.78. The molecule has 1 unspecified atom stereocenters. The Morgan fingerprint density at radius 3 is 2.71 bits per heavy atom. The number of hydrogen-bond acceptors (Lipinski definition) is 2. The average Bonchev–Trinajstić information content (AvgIpc) is 2.01. The third-order valence-electron chi connectivity index (χ3n) is 1.69. The van der Waals surface area contributed by atoms with Crippen molar-refractivity contribution in [2.75, 3.05) is 0 Å². The standard InChI is InChI=1S/C9H8BrFO3/c10-5-1-2-6(7(11)3-5)8(12)4-9(13)14/h1-3,8,12H,4H2,(H,13,14). The van der Waals surface area contributed by atoms with Crippen LogP contribution < -0.4 is 0 Å². The summed E-state index contributed by atoms with van der Waals surface area (Å²) >= 11 is 3.06. The van der Waals surface area contributed by atoms with E-state index in [2.05, 4.69) is 15.9 Å². The number of benzene rings is 1. The molecule has 0 spiro atoms. The SMILES string of the molecule is O=C(O)CC(O)c1ccc(Br)cc1F. The second-order valence-electron chi connectivity index (χ2n) is 2.78. The highest BCUT2D eigenvalue weighted by molar-refractivity contribution is 9.10. The van der Waals surface area contributed by atoms with E-state index in [9.17, 15) is 14.3 Å². The maximum Gasteiger partial charge on any atom is 0.306 e. The van der Waals surface area contributed by atoms with Crippen LogP contribution in [-0.4, -0.2) is 16.2 Å². The zero-order valence-corrected chi connectivity index (χ0v) is 8.66. The number of carboxylic acid groups (broad SMARTS) is 1. The lowest BCUT2D eigenvalue weighted by Crippen LogP contribution is -2.07. The van der Waals surface area contributed by atoms with Crippen LogP contribution in [0.3, 0.4) is 0 Å². The van der Waals surface area contributed by atoms with Crippen LogP contribution >= 0.6 is 15.9 Å². The molecule has 1 atom stereocenters. The number of aliphatic carboxylic acids is 1. The molecule has 2 N–H and O–H groups in total. The Kier molecular flexibility index (Phi) is 3.60. The molecule has 5 heteroatoms. The maximum atomic E-state index is 13.2. The number of rotatable bonds is 3. The van der Waals surface area contributed by atoms with Gasteiger partial charge in [-0.1, -0.05) is 22.0 Å². The first-order valence-electron chi connectivity index (χ1n) is 3.85. The van der Waals surface area contributed by atoms with E-state index in [1.54, 1.807) is 6.07 Å². The fourth-order valence-electron chi connectivity index (χ4n) is 1.05. The lowest BCUT2D eigenvalue weighted by Gasteiger charge is -2.09. The minimum atomic E-state index is -1.30. The Balaban J connectivity index is 2.90. The van der Waals surface area contributed by atoms with Crippen LogP contribution in [0.2, 0.25) is 0 Å². The molecule has 14 heavy (non-hydrogen) atoms. The summed E-state index contributed by atoms with van der Waals surface area (Å²) in [5, 5.41) is 17.7. The molecular weight excluding hydrogens is 255 g/mol. The molecular formula is C9H8BrFO3. The number of aliphatic hydroxyl groups excluding tert-OH is 1. The molecule has 0 amide bonds. The van der Waals surface area contributed by atoms with E-state index in [1.165, 1.54) is 12.1 Å². The molecule has 3 nitrogen and oxygen atoms in total. The minimum Gasteiger partial charge on any atom is -0.481 e. The fraction of sp³-hybridized carbons (Fsp3) is 0.222. The average molecular weight is 263 g/mol. The monoisotopic (exact) mass is 262 g/mol. The Bertz CT molecular complexity index is 354. The molecule has 0 aliphatic rings. The predicted molar refractivity (Wildman–Crippen MR) is 51.3 cm³/mol. The molecule has 0 heterocycles. The van der Waals surface area contributed by atoms with Crippen LogP contribution in [-0.2, 0) is 4.79 Å². The molecule has 0 aliphatic carbocycles. The largest absolute Gasteiger partial charge is 0.481 e. The van der Waals surface area contributed by atoms with Crippen molar-refractivity contribution in [3.05, 3.63) is 34.1 Å². The lowest BCUT2D eigenvalue weighted by molar-refractivity contribution is -0.139. The van der Waals surface area contributed by atoms with E-state index >= 15 is 0 Å². The van der Waals surface area contributed by atoms with E-state index < -0.39 is 24.3 Å². The summed E-state index contributed by atoms with van der Waals surface area (Å²) in [7, 11) is 0. The van der Waals surface area contributed by atoms with Crippen LogP contribution in [0.1, 0.15) is 18.1 Å². The van der Waals surface area contributed by atoms with Gasteiger partial charge < -0.3 is 10.2 Å². The zero-order chi connectivity index (χ0) is 10.7. The molecule has 0 bridgehead atoms. The fourth-order valence-corrected chi connectivity index (χ4v) is 1.38. The number of carbonyl (C=O) groups is 1. The summed E-state index contributed by atoms with van der Waals surface area (Å²) < 4.78 is 13.7. The van der Waals surface area contributed by atoms with Crippen molar-refractivity contribution < 1.29 is 19.4 Å². The molecule has 0 fully saturated rings. The first-order chi connectivity index (χ1) is 6.50. The van der Waals surface area contributed by atoms with E-state index in [4.69, 9.17) is 5.11 Å². The second-order valence-corrected chi connectivity index (χ2v) is 3.70. The van der Waals surface area contributed by atoms with Gasteiger partial charge in [0.05, 0.1) is 12.5 Å². The van der Waals surface area contributed by atoms with Crippen LogP contribution in [0.5, 0.6) is 0 Å². The number of carboxylic acids is 1. The van der Waals surface area contributed by atoms with Crippen molar-refractivity contribution in [1.29, 1.82) is 0 Å². The van der Waals surface area contributed by atoms with Crippen LogP contribution in [0, 0.1) is 5.82 Å². The van der Waals surface area contributed by atoms with Crippen molar-refractivity contribution in [2.24, 2.45) is 0 Å².